The Morgan fingerprint density at radius 2 is 1.72 bits per heavy atom. The molecule has 1 heterocycles. The molecular formula is C25H33N3O. The van der Waals surface area contributed by atoms with Crippen molar-refractivity contribution in [3.8, 4) is 11.3 Å². The van der Waals surface area contributed by atoms with E-state index >= 15 is 0 Å². The van der Waals surface area contributed by atoms with Crippen LogP contribution < -0.4 is 0 Å². The summed E-state index contributed by atoms with van der Waals surface area (Å²) >= 11 is 0. The minimum atomic E-state index is -0.0189. The van der Waals surface area contributed by atoms with Gasteiger partial charge in [-0.2, -0.15) is 5.10 Å². The second kappa shape index (κ2) is 7.30. The third-order valence-electron chi connectivity index (χ3n) is 7.77. The number of aromatic nitrogens is 2. The van der Waals surface area contributed by atoms with Crippen molar-refractivity contribution < 1.29 is 4.79 Å². The molecule has 4 heteroatoms. The Bertz CT molecular complexity index is 849. The minimum Gasteiger partial charge on any atom is -0.345 e. The summed E-state index contributed by atoms with van der Waals surface area (Å²) in [7, 11) is 4.03. The van der Waals surface area contributed by atoms with Gasteiger partial charge in [0.2, 0.25) is 5.91 Å². The minimum absolute atomic E-state index is 0.0189. The zero-order chi connectivity index (χ0) is 20.0. The molecule has 6 rings (SSSR count). The predicted molar refractivity (Wildman–Crippen MR) is 115 cm³/mol. The predicted octanol–water partition coefficient (Wildman–Crippen LogP) is 4.69. The first kappa shape index (κ1) is 18.9. The van der Waals surface area contributed by atoms with E-state index in [1.54, 1.807) is 0 Å². The number of carbonyl (C=O) groups is 1. The Hall–Kier alpha value is -2.10. The molecule has 29 heavy (non-hydrogen) atoms. The molecule has 0 N–H and O–H groups in total. The summed E-state index contributed by atoms with van der Waals surface area (Å²) in [4.78, 5) is 15.4. The van der Waals surface area contributed by atoms with Gasteiger partial charge in [0.1, 0.15) is 0 Å². The summed E-state index contributed by atoms with van der Waals surface area (Å²) in [6.07, 6.45) is 9.52. The zero-order valence-corrected chi connectivity index (χ0v) is 17.8. The number of hydrogen-bond donors (Lipinski definition) is 0. The Morgan fingerprint density at radius 3 is 2.34 bits per heavy atom. The highest BCUT2D eigenvalue weighted by atomic mass is 16.2. The van der Waals surface area contributed by atoms with Crippen molar-refractivity contribution in [2.75, 3.05) is 13.6 Å². The van der Waals surface area contributed by atoms with E-state index in [1.807, 2.05) is 29.7 Å². The Morgan fingerprint density at radius 1 is 1.10 bits per heavy atom. The molecule has 4 saturated carbocycles. The molecule has 1 amide bonds. The highest BCUT2D eigenvalue weighted by Crippen LogP contribution is 2.60. The highest BCUT2D eigenvalue weighted by molar-refractivity contribution is 5.83. The number of carbonyl (C=O) groups excluding carboxylic acids is 1. The summed E-state index contributed by atoms with van der Waals surface area (Å²) in [6.45, 7) is 0.831. The summed E-state index contributed by atoms with van der Waals surface area (Å²) in [5.41, 5.74) is 3.44. The number of rotatable bonds is 6. The molecule has 0 saturated heterocycles. The molecule has 0 aliphatic heterocycles. The molecule has 0 atom stereocenters. The maximum absolute atomic E-state index is 13.4. The van der Waals surface area contributed by atoms with Crippen LogP contribution in [0.3, 0.4) is 0 Å². The number of hydrogen-bond acceptors (Lipinski definition) is 2. The quantitative estimate of drug-likeness (QED) is 0.716. The topological polar surface area (TPSA) is 38.1 Å². The van der Waals surface area contributed by atoms with Gasteiger partial charge in [-0.1, -0.05) is 30.3 Å². The molecule has 4 bridgehead atoms. The number of amides is 1. The van der Waals surface area contributed by atoms with E-state index in [0.29, 0.717) is 5.91 Å². The fraction of sp³-hybridized carbons (Fsp3) is 0.600. The molecule has 4 nitrogen and oxygen atoms in total. The van der Waals surface area contributed by atoms with Crippen LogP contribution in [0.1, 0.15) is 50.6 Å². The van der Waals surface area contributed by atoms with E-state index in [2.05, 4.69) is 30.3 Å². The van der Waals surface area contributed by atoms with Crippen LogP contribution in [0.2, 0.25) is 0 Å². The largest absolute Gasteiger partial charge is 0.345 e. The third kappa shape index (κ3) is 3.51. The summed E-state index contributed by atoms with van der Waals surface area (Å²) < 4.78 is 1.97. The normalized spacial score (nSPS) is 29.9. The van der Waals surface area contributed by atoms with Crippen LogP contribution in [0.15, 0.2) is 36.4 Å². The Kier molecular flexibility index (Phi) is 4.76. The van der Waals surface area contributed by atoms with Gasteiger partial charge < -0.3 is 4.90 Å². The van der Waals surface area contributed by atoms with Gasteiger partial charge in [-0.25, -0.2) is 0 Å². The van der Waals surface area contributed by atoms with Crippen LogP contribution in [0, 0.1) is 23.2 Å². The molecule has 154 valence electrons. The van der Waals surface area contributed by atoms with Gasteiger partial charge in [-0.3, -0.25) is 9.48 Å². The first-order chi connectivity index (χ1) is 14.0. The lowest BCUT2D eigenvalue weighted by Crippen LogP contribution is -2.54. The smallest absolute Gasteiger partial charge is 0.228 e. The van der Waals surface area contributed by atoms with Gasteiger partial charge in [-0.05, 0) is 80.8 Å². The average molecular weight is 392 g/mol. The van der Waals surface area contributed by atoms with E-state index in [9.17, 15) is 4.79 Å². The lowest BCUT2D eigenvalue weighted by Gasteiger charge is -2.56. The van der Waals surface area contributed by atoms with Gasteiger partial charge in [-0.15, -0.1) is 0 Å². The van der Waals surface area contributed by atoms with Crippen molar-refractivity contribution in [3.05, 3.63) is 42.1 Å². The monoisotopic (exact) mass is 391 g/mol. The molecule has 1 aromatic heterocycles. The second-order valence-electron chi connectivity index (χ2n) is 10.0. The van der Waals surface area contributed by atoms with E-state index < -0.39 is 0 Å². The molecular weight excluding hydrogens is 358 g/mol. The average Bonchev–Trinajstić information content (AvgIpc) is 3.07. The molecule has 1 aromatic carbocycles. The van der Waals surface area contributed by atoms with E-state index in [1.165, 1.54) is 24.8 Å². The van der Waals surface area contributed by atoms with Gasteiger partial charge in [0, 0.05) is 20.6 Å². The second-order valence-corrected chi connectivity index (χ2v) is 10.0. The van der Waals surface area contributed by atoms with Gasteiger partial charge in [0.05, 0.1) is 16.8 Å². The fourth-order valence-electron chi connectivity index (χ4n) is 6.90. The van der Waals surface area contributed by atoms with Crippen LogP contribution in [-0.2, 0) is 18.3 Å². The van der Waals surface area contributed by atoms with Gasteiger partial charge >= 0.3 is 0 Å². The van der Waals surface area contributed by atoms with Crippen LogP contribution >= 0.6 is 0 Å². The SMILES string of the molecule is CN(CCCc1cc(-c2ccccc2)n(C)n1)C(=O)C12CC3CC(CC(C3)C1)C2. The van der Waals surface area contributed by atoms with Crippen LogP contribution in [0.25, 0.3) is 11.3 Å². The number of benzene rings is 1. The molecule has 4 aliphatic rings. The van der Waals surface area contributed by atoms with Crippen molar-refractivity contribution in [1.29, 1.82) is 0 Å². The van der Waals surface area contributed by atoms with E-state index in [4.69, 9.17) is 5.10 Å². The fourth-order valence-corrected chi connectivity index (χ4v) is 6.90. The van der Waals surface area contributed by atoms with Crippen molar-refractivity contribution in [1.82, 2.24) is 14.7 Å². The molecule has 0 unspecified atom stereocenters. The zero-order valence-electron chi connectivity index (χ0n) is 17.8. The molecule has 0 spiro atoms. The molecule has 4 aliphatic carbocycles. The van der Waals surface area contributed by atoms with Crippen molar-refractivity contribution in [3.63, 3.8) is 0 Å². The standard InChI is InChI=1S/C25H33N3O/c1-27(24(29)25-15-18-11-19(16-25)13-20(12-18)17-25)10-6-9-22-14-23(28(2)26-22)21-7-4-3-5-8-21/h3-5,7-8,14,18-20H,6,9-13,15-17H2,1-2H3. The number of aryl methyl sites for hydroxylation is 2. The summed E-state index contributed by atoms with van der Waals surface area (Å²) in [5.74, 6) is 2.90. The lowest BCUT2D eigenvalue weighted by molar-refractivity contribution is -0.156. The van der Waals surface area contributed by atoms with Crippen LogP contribution in [0.5, 0.6) is 0 Å². The molecule has 4 fully saturated rings. The van der Waals surface area contributed by atoms with Gasteiger partial charge in [0.15, 0.2) is 0 Å². The maximum atomic E-state index is 13.4. The highest BCUT2D eigenvalue weighted by Gasteiger charge is 2.55. The summed E-state index contributed by atoms with van der Waals surface area (Å²) in [5, 5.41) is 4.70. The van der Waals surface area contributed by atoms with Crippen molar-refractivity contribution in [2.24, 2.45) is 30.2 Å². The molecule has 2 aromatic rings. The first-order valence-corrected chi connectivity index (χ1v) is 11.4. The Balaban J connectivity index is 1.19. The summed E-state index contributed by atoms with van der Waals surface area (Å²) in [6, 6.07) is 12.6. The molecule has 0 radical (unpaired) electrons. The lowest BCUT2D eigenvalue weighted by atomic mass is 9.49. The van der Waals surface area contributed by atoms with E-state index in [0.717, 1.165) is 67.8 Å². The number of nitrogens with zero attached hydrogens (tertiary/aromatic N) is 3. The van der Waals surface area contributed by atoms with Crippen LogP contribution in [-0.4, -0.2) is 34.2 Å². The first-order valence-electron chi connectivity index (χ1n) is 11.4. The van der Waals surface area contributed by atoms with Crippen molar-refractivity contribution >= 4 is 5.91 Å². The van der Waals surface area contributed by atoms with Gasteiger partial charge in [0.25, 0.3) is 0 Å². The van der Waals surface area contributed by atoms with Crippen molar-refractivity contribution in [2.45, 2.75) is 51.4 Å². The Labute approximate surface area is 174 Å². The third-order valence-corrected chi connectivity index (χ3v) is 7.77. The van der Waals surface area contributed by atoms with Crippen LogP contribution in [0.4, 0.5) is 0 Å². The van der Waals surface area contributed by atoms with E-state index in [-0.39, 0.29) is 5.41 Å². The maximum Gasteiger partial charge on any atom is 0.228 e.